The van der Waals surface area contributed by atoms with Gasteiger partial charge in [0.15, 0.2) is 0 Å². The lowest BCUT2D eigenvalue weighted by atomic mass is 9.65. The largest absolute Gasteiger partial charge is 0.491 e. The third-order valence-electron chi connectivity index (χ3n) is 5.50. The van der Waals surface area contributed by atoms with E-state index in [1.54, 1.807) is 0 Å². The number of carbonyl (C=O) groups excluding carboxylic acids is 1. The van der Waals surface area contributed by atoms with Crippen LogP contribution in [0.1, 0.15) is 46.0 Å². The zero-order valence-corrected chi connectivity index (χ0v) is 14.8. The van der Waals surface area contributed by atoms with Gasteiger partial charge in [-0.25, -0.2) is 0 Å². The fraction of sp³-hybridized carbons (Fsp3) is 0.650. The molecule has 132 valence electrons. The third kappa shape index (κ3) is 3.92. The number of ether oxygens (including phenoxy) is 1. The van der Waals surface area contributed by atoms with Crippen molar-refractivity contribution in [3.05, 3.63) is 24.3 Å². The van der Waals surface area contributed by atoms with Gasteiger partial charge in [0.05, 0.1) is 12.3 Å². The molecule has 0 aliphatic heterocycles. The van der Waals surface area contributed by atoms with Gasteiger partial charge in [0.1, 0.15) is 5.75 Å². The number of hydrogen-bond donors (Lipinski definition) is 2. The van der Waals surface area contributed by atoms with Crippen molar-refractivity contribution < 1.29 is 9.53 Å². The highest BCUT2D eigenvalue weighted by atomic mass is 16.5. The quantitative estimate of drug-likeness (QED) is 0.863. The smallest absolute Gasteiger partial charge is 0.227 e. The van der Waals surface area contributed by atoms with Crippen LogP contribution < -0.4 is 15.8 Å². The first kappa shape index (κ1) is 17.3. The monoisotopic (exact) mass is 330 g/mol. The summed E-state index contributed by atoms with van der Waals surface area (Å²) in [6, 6.07) is 8.01. The van der Waals surface area contributed by atoms with Crippen molar-refractivity contribution in [3.63, 3.8) is 0 Å². The maximum Gasteiger partial charge on any atom is 0.227 e. The molecule has 4 nitrogen and oxygen atoms in total. The fourth-order valence-corrected chi connectivity index (χ4v) is 4.19. The normalized spacial score (nSPS) is 29.3. The van der Waals surface area contributed by atoms with Crippen LogP contribution >= 0.6 is 0 Å². The van der Waals surface area contributed by atoms with E-state index in [2.05, 4.69) is 19.2 Å². The summed E-state index contributed by atoms with van der Waals surface area (Å²) in [7, 11) is 0. The molecular weight excluding hydrogens is 300 g/mol. The van der Waals surface area contributed by atoms with Crippen molar-refractivity contribution in [1.29, 1.82) is 0 Å². The van der Waals surface area contributed by atoms with Gasteiger partial charge in [0, 0.05) is 12.0 Å². The number of rotatable bonds is 5. The summed E-state index contributed by atoms with van der Waals surface area (Å²) in [4.78, 5) is 12.8. The van der Waals surface area contributed by atoms with Crippen molar-refractivity contribution in [2.45, 2.75) is 52.0 Å². The molecule has 0 aromatic heterocycles. The highest BCUT2D eigenvalue weighted by Crippen LogP contribution is 2.42. The number of para-hydroxylation sites is 2. The predicted molar refractivity (Wildman–Crippen MR) is 96.9 cm³/mol. The Morgan fingerprint density at radius 1 is 1.25 bits per heavy atom. The van der Waals surface area contributed by atoms with Crippen LogP contribution in [0.15, 0.2) is 24.3 Å². The lowest BCUT2D eigenvalue weighted by molar-refractivity contribution is -0.122. The van der Waals surface area contributed by atoms with E-state index in [4.69, 9.17) is 10.5 Å². The van der Waals surface area contributed by atoms with Gasteiger partial charge in [-0.3, -0.25) is 4.79 Å². The van der Waals surface area contributed by atoms with E-state index >= 15 is 0 Å². The summed E-state index contributed by atoms with van der Waals surface area (Å²) in [6.45, 7) is 4.88. The van der Waals surface area contributed by atoms with E-state index in [9.17, 15) is 4.79 Å². The number of benzene rings is 1. The lowest BCUT2D eigenvalue weighted by Gasteiger charge is -2.43. The molecule has 2 fully saturated rings. The summed E-state index contributed by atoms with van der Waals surface area (Å²) in [5, 5.41) is 3.10. The number of hydrogen-bond acceptors (Lipinski definition) is 3. The molecule has 4 heteroatoms. The maximum absolute atomic E-state index is 12.8. The summed E-state index contributed by atoms with van der Waals surface area (Å²) in [6.07, 6.45) is 5.48. The van der Waals surface area contributed by atoms with Crippen LogP contribution in [0.5, 0.6) is 5.75 Å². The van der Waals surface area contributed by atoms with Crippen LogP contribution in [0.2, 0.25) is 0 Å². The van der Waals surface area contributed by atoms with Crippen molar-refractivity contribution in [1.82, 2.24) is 0 Å². The van der Waals surface area contributed by atoms with Crippen LogP contribution in [-0.2, 0) is 4.79 Å². The van der Waals surface area contributed by atoms with E-state index in [0.717, 1.165) is 24.3 Å². The molecule has 2 unspecified atom stereocenters. The average molecular weight is 330 g/mol. The van der Waals surface area contributed by atoms with Gasteiger partial charge >= 0.3 is 0 Å². The Morgan fingerprint density at radius 3 is 2.58 bits per heavy atom. The first-order valence-corrected chi connectivity index (χ1v) is 9.33. The average Bonchev–Trinajstić information content (AvgIpc) is 2.53. The first-order chi connectivity index (χ1) is 11.5. The highest BCUT2D eigenvalue weighted by Gasteiger charge is 2.40. The molecule has 0 radical (unpaired) electrons. The van der Waals surface area contributed by atoms with E-state index in [-0.39, 0.29) is 11.8 Å². The van der Waals surface area contributed by atoms with Gasteiger partial charge in [-0.15, -0.1) is 0 Å². The minimum absolute atomic E-state index is 0.0817. The topological polar surface area (TPSA) is 64.3 Å². The van der Waals surface area contributed by atoms with Crippen molar-refractivity contribution in [2.24, 2.45) is 29.4 Å². The van der Waals surface area contributed by atoms with Crippen LogP contribution in [0.25, 0.3) is 0 Å². The number of amides is 1. The van der Waals surface area contributed by atoms with Crippen LogP contribution in [0, 0.1) is 23.7 Å². The second-order valence-electron chi connectivity index (χ2n) is 7.89. The van der Waals surface area contributed by atoms with Gasteiger partial charge in [0.2, 0.25) is 5.91 Å². The van der Waals surface area contributed by atoms with Crippen molar-refractivity contribution in [2.75, 3.05) is 11.9 Å². The minimum Gasteiger partial charge on any atom is -0.491 e. The second kappa shape index (κ2) is 7.56. The van der Waals surface area contributed by atoms with Gasteiger partial charge in [-0.1, -0.05) is 32.4 Å². The summed E-state index contributed by atoms with van der Waals surface area (Å²) in [5.74, 6) is 2.44. The van der Waals surface area contributed by atoms with Crippen LogP contribution in [-0.4, -0.2) is 18.6 Å². The molecular formula is C20H30N2O2. The standard InChI is InChI=1S/C20H30N2O2/c1-13(2)12-24-18-9-4-3-8-17(18)22-20(23)16-10-14-6-5-7-15(11-16)19(14)21/h3-4,8-9,13-16,19H,5-7,10-12,21H2,1-2H3,(H,22,23). The Bertz CT molecular complexity index is 559. The third-order valence-corrected chi connectivity index (χ3v) is 5.50. The molecule has 2 aliphatic carbocycles. The first-order valence-electron chi connectivity index (χ1n) is 9.33. The molecule has 2 saturated carbocycles. The van der Waals surface area contributed by atoms with Crippen molar-refractivity contribution >= 4 is 11.6 Å². The van der Waals surface area contributed by atoms with Crippen LogP contribution in [0.4, 0.5) is 5.69 Å². The van der Waals surface area contributed by atoms with Crippen LogP contribution in [0.3, 0.4) is 0 Å². The molecule has 1 aromatic carbocycles. The molecule has 0 heterocycles. The number of anilines is 1. The Hall–Kier alpha value is -1.55. The molecule has 0 spiro atoms. The van der Waals surface area contributed by atoms with Gasteiger partial charge < -0.3 is 15.8 Å². The molecule has 2 bridgehead atoms. The summed E-state index contributed by atoms with van der Waals surface area (Å²) >= 11 is 0. The lowest BCUT2D eigenvalue weighted by Crippen LogP contribution is -2.48. The maximum atomic E-state index is 12.8. The number of nitrogens with one attached hydrogen (secondary N) is 1. The van der Waals surface area contributed by atoms with E-state index in [1.165, 1.54) is 19.3 Å². The zero-order valence-electron chi connectivity index (χ0n) is 14.8. The SMILES string of the molecule is CC(C)COc1ccccc1NC(=O)C1CC2CCCC(C1)C2N. The molecule has 2 atom stereocenters. The number of nitrogens with two attached hydrogens (primary N) is 1. The van der Waals surface area contributed by atoms with E-state index in [1.807, 2.05) is 24.3 Å². The fourth-order valence-electron chi connectivity index (χ4n) is 4.19. The summed E-state index contributed by atoms with van der Waals surface area (Å²) in [5.41, 5.74) is 7.12. The highest BCUT2D eigenvalue weighted by molar-refractivity contribution is 5.94. The van der Waals surface area contributed by atoms with E-state index < -0.39 is 0 Å². The Kier molecular flexibility index (Phi) is 5.44. The Morgan fingerprint density at radius 2 is 1.92 bits per heavy atom. The molecule has 24 heavy (non-hydrogen) atoms. The Balaban J connectivity index is 1.65. The molecule has 3 rings (SSSR count). The molecule has 3 N–H and O–H groups in total. The molecule has 1 aromatic rings. The molecule has 1 amide bonds. The number of fused-ring (bicyclic) bond motifs is 2. The predicted octanol–water partition coefficient (Wildman–Crippen LogP) is 3.81. The number of carbonyl (C=O) groups is 1. The van der Waals surface area contributed by atoms with Crippen molar-refractivity contribution in [3.8, 4) is 5.75 Å². The van der Waals surface area contributed by atoms with Gasteiger partial charge in [-0.05, 0) is 55.6 Å². The zero-order chi connectivity index (χ0) is 17.1. The van der Waals surface area contributed by atoms with Gasteiger partial charge in [0.25, 0.3) is 0 Å². The Labute approximate surface area is 145 Å². The van der Waals surface area contributed by atoms with E-state index in [0.29, 0.717) is 30.4 Å². The van der Waals surface area contributed by atoms with Gasteiger partial charge in [-0.2, -0.15) is 0 Å². The minimum atomic E-state index is 0.0817. The molecule has 2 aliphatic rings. The molecule has 0 saturated heterocycles. The summed E-state index contributed by atoms with van der Waals surface area (Å²) < 4.78 is 5.84. The second-order valence-corrected chi connectivity index (χ2v) is 7.89.